The Hall–Kier alpha value is -0.800. The van der Waals surface area contributed by atoms with Crippen LogP contribution >= 0.6 is 22.9 Å². The SMILES string of the molecule is CN(C)c1nc2cc(Cl)ccc2s1. The fourth-order valence-electron chi connectivity index (χ4n) is 1.08. The summed E-state index contributed by atoms with van der Waals surface area (Å²) in [6, 6.07) is 5.78. The van der Waals surface area contributed by atoms with Crippen molar-refractivity contribution >= 4 is 38.3 Å². The third-order valence-corrected chi connectivity index (χ3v) is 3.16. The standard InChI is InChI=1S/C9H9ClN2S/c1-12(2)9-11-7-5-6(10)3-4-8(7)13-9/h3-5H,1-2H3. The van der Waals surface area contributed by atoms with E-state index in [2.05, 4.69) is 4.98 Å². The van der Waals surface area contributed by atoms with Crippen molar-refractivity contribution in [2.24, 2.45) is 0 Å². The highest BCUT2D eigenvalue weighted by Crippen LogP contribution is 2.29. The number of nitrogens with zero attached hydrogens (tertiary/aromatic N) is 2. The van der Waals surface area contributed by atoms with Crippen LogP contribution in [0.3, 0.4) is 0 Å². The largest absolute Gasteiger partial charge is 0.354 e. The number of halogens is 1. The van der Waals surface area contributed by atoms with Crippen LogP contribution in [0.1, 0.15) is 0 Å². The molecule has 0 saturated heterocycles. The van der Waals surface area contributed by atoms with Crippen LogP contribution in [0, 0.1) is 0 Å². The summed E-state index contributed by atoms with van der Waals surface area (Å²) in [5.41, 5.74) is 0.973. The lowest BCUT2D eigenvalue weighted by molar-refractivity contribution is 1.11. The van der Waals surface area contributed by atoms with E-state index in [0.717, 1.165) is 15.7 Å². The van der Waals surface area contributed by atoms with E-state index >= 15 is 0 Å². The molecule has 0 N–H and O–H groups in total. The minimum atomic E-state index is 0.739. The molecule has 0 spiro atoms. The van der Waals surface area contributed by atoms with E-state index in [0.29, 0.717) is 0 Å². The molecule has 1 aromatic carbocycles. The molecule has 0 aliphatic rings. The molecule has 1 heterocycles. The fourth-order valence-corrected chi connectivity index (χ4v) is 2.11. The Bertz CT molecular complexity index is 436. The Labute approximate surface area is 85.8 Å². The third-order valence-electron chi connectivity index (χ3n) is 1.72. The van der Waals surface area contributed by atoms with Crippen molar-refractivity contribution in [1.82, 2.24) is 4.98 Å². The Morgan fingerprint density at radius 2 is 2.15 bits per heavy atom. The smallest absolute Gasteiger partial charge is 0.185 e. The predicted octanol–water partition coefficient (Wildman–Crippen LogP) is 3.02. The first-order valence-electron chi connectivity index (χ1n) is 3.90. The van der Waals surface area contributed by atoms with Crippen molar-refractivity contribution in [2.75, 3.05) is 19.0 Å². The minimum absolute atomic E-state index is 0.739. The summed E-state index contributed by atoms with van der Waals surface area (Å²) >= 11 is 7.53. The second-order valence-electron chi connectivity index (χ2n) is 3.00. The molecule has 2 aromatic rings. The molecule has 2 nitrogen and oxygen atoms in total. The van der Waals surface area contributed by atoms with E-state index in [4.69, 9.17) is 11.6 Å². The van der Waals surface area contributed by atoms with Gasteiger partial charge in [0.25, 0.3) is 0 Å². The van der Waals surface area contributed by atoms with E-state index in [-0.39, 0.29) is 0 Å². The molecular weight excluding hydrogens is 204 g/mol. The van der Waals surface area contributed by atoms with Crippen molar-refractivity contribution in [1.29, 1.82) is 0 Å². The topological polar surface area (TPSA) is 16.1 Å². The Balaban J connectivity index is 2.62. The van der Waals surface area contributed by atoms with E-state index in [1.165, 1.54) is 4.70 Å². The van der Waals surface area contributed by atoms with Gasteiger partial charge < -0.3 is 4.90 Å². The molecular formula is C9H9ClN2S. The second kappa shape index (κ2) is 3.16. The third kappa shape index (κ3) is 1.62. The molecule has 0 aliphatic heterocycles. The average molecular weight is 213 g/mol. The van der Waals surface area contributed by atoms with Gasteiger partial charge in [0, 0.05) is 19.1 Å². The molecule has 0 fully saturated rings. The van der Waals surface area contributed by atoms with Gasteiger partial charge in [0.1, 0.15) is 0 Å². The van der Waals surface area contributed by atoms with Gasteiger partial charge in [-0.2, -0.15) is 0 Å². The lowest BCUT2D eigenvalue weighted by Crippen LogP contribution is -2.07. The number of benzene rings is 1. The number of hydrogen-bond donors (Lipinski definition) is 0. The van der Waals surface area contributed by atoms with Gasteiger partial charge in [-0.1, -0.05) is 22.9 Å². The molecule has 0 bridgehead atoms. The van der Waals surface area contributed by atoms with Crippen LogP contribution in [-0.2, 0) is 0 Å². The summed E-state index contributed by atoms with van der Waals surface area (Å²) in [6.07, 6.45) is 0. The Kier molecular flexibility index (Phi) is 2.14. The van der Waals surface area contributed by atoms with E-state index in [1.54, 1.807) is 11.3 Å². The fraction of sp³-hybridized carbons (Fsp3) is 0.222. The summed E-state index contributed by atoms with van der Waals surface area (Å²) < 4.78 is 1.17. The van der Waals surface area contributed by atoms with Gasteiger partial charge in [0.2, 0.25) is 0 Å². The van der Waals surface area contributed by atoms with Crippen LogP contribution in [0.2, 0.25) is 5.02 Å². The van der Waals surface area contributed by atoms with Gasteiger partial charge in [-0.05, 0) is 18.2 Å². The van der Waals surface area contributed by atoms with Crippen molar-refractivity contribution < 1.29 is 0 Å². The first-order chi connectivity index (χ1) is 6.16. The van der Waals surface area contributed by atoms with Crippen molar-refractivity contribution in [3.8, 4) is 0 Å². The van der Waals surface area contributed by atoms with Gasteiger partial charge in [-0.3, -0.25) is 0 Å². The zero-order chi connectivity index (χ0) is 9.42. The van der Waals surface area contributed by atoms with Crippen molar-refractivity contribution in [3.05, 3.63) is 23.2 Å². The number of rotatable bonds is 1. The van der Waals surface area contributed by atoms with Gasteiger partial charge in [0.05, 0.1) is 10.2 Å². The number of thiazole rings is 1. The first-order valence-corrected chi connectivity index (χ1v) is 5.09. The summed E-state index contributed by atoms with van der Waals surface area (Å²) in [6.45, 7) is 0. The summed E-state index contributed by atoms with van der Waals surface area (Å²) in [5.74, 6) is 0. The van der Waals surface area contributed by atoms with E-state index in [9.17, 15) is 0 Å². The highest BCUT2D eigenvalue weighted by Gasteiger charge is 2.04. The zero-order valence-electron chi connectivity index (χ0n) is 7.41. The molecule has 0 radical (unpaired) electrons. The first kappa shape index (κ1) is 8.78. The van der Waals surface area contributed by atoms with Gasteiger partial charge >= 0.3 is 0 Å². The van der Waals surface area contributed by atoms with Crippen LogP contribution in [-0.4, -0.2) is 19.1 Å². The summed E-state index contributed by atoms with van der Waals surface area (Å²) in [4.78, 5) is 6.43. The molecule has 2 rings (SSSR count). The van der Waals surface area contributed by atoms with Crippen molar-refractivity contribution in [2.45, 2.75) is 0 Å². The molecule has 0 aliphatic carbocycles. The lowest BCUT2D eigenvalue weighted by Gasteiger charge is -2.04. The van der Waals surface area contributed by atoms with Crippen LogP contribution in [0.15, 0.2) is 18.2 Å². The van der Waals surface area contributed by atoms with Crippen LogP contribution in [0.5, 0.6) is 0 Å². The number of hydrogen-bond acceptors (Lipinski definition) is 3. The molecule has 4 heteroatoms. The molecule has 68 valence electrons. The number of aromatic nitrogens is 1. The summed E-state index contributed by atoms with van der Waals surface area (Å²) in [7, 11) is 3.97. The molecule has 0 atom stereocenters. The van der Waals surface area contributed by atoms with Crippen LogP contribution < -0.4 is 4.90 Å². The maximum Gasteiger partial charge on any atom is 0.185 e. The maximum atomic E-state index is 5.86. The van der Waals surface area contributed by atoms with E-state index < -0.39 is 0 Å². The quantitative estimate of drug-likeness (QED) is 0.723. The minimum Gasteiger partial charge on any atom is -0.354 e. The maximum absolute atomic E-state index is 5.86. The van der Waals surface area contributed by atoms with Gasteiger partial charge in [-0.15, -0.1) is 0 Å². The van der Waals surface area contributed by atoms with Crippen LogP contribution in [0.4, 0.5) is 5.13 Å². The molecule has 0 unspecified atom stereocenters. The average Bonchev–Trinajstić information content (AvgIpc) is 2.46. The monoisotopic (exact) mass is 212 g/mol. The Morgan fingerprint density at radius 1 is 1.38 bits per heavy atom. The second-order valence-corrected chi connectivity index (χ2v) is 4.45. The van der Waals surface area contributed by atoms with Crippen molar-refractivity contribution in [3.63, 3.8) is 0 Å². The lowest BCUT2D eigenvalue weighted by atomic mass is 10.3. The van der Waals surface area contributed by atoms with Gasteiger partial charge in [-0.25, -0.2) is 4.98 Å². The highest BCUT2D eigenvalue weighted by molar-refractivity contribution is 7.22. The molecule has 13 heavy (non-hydrogen) atoms. The highest BCUT2D eigenvalue weighted by atomic mass is 35.5. The normalized spacial score (nSPS) is 10.7. The predicted molar refractivity (Wildman–Crippen MR) is 59.0 cm³/mol. The number of fused-ring (bicyclic) bond motifs is 1. The zero-order valence-corrected chi connectivity index (χ0v) is 8.99. The molecule has 0 amide bonds. The van der Waals surface area contributed by atoms with Gasteiger partial charge in [0.15, 0.2) is 5.13 Å². The Morgan fingerprint density at radius 3 is 2.85 bits per heavy atom. The number of anilines is 1. The van der Waals surface area contributed by atoms with E-state index in [1.807, 2.05) is 37.2 Å². The molecule has 0 saturated carbocycles. The molecule has 1 aromatic heterocycles. The summed E-state index contributed by atoms with van der Waals surface area (Å²) in [5, 5.41) is 1.75. The van der Waals surface area contributed by atoms with Crippen LogP contribution in [0.25, 0.3) is 10.2 Å².